The van der Waals surface area contributed by atoms with Crippen molar-refractivity contribution in [1.29, 1.82) is 0 Å². The smallest absolute Gasteiger partial charge is 0.254 e. The van der Waals surface area contributed by atoms with E-state index in [1.807, 2.05) is 0 Å². The third-order valence-corrected chi connectivity index (χ3v) is 4.20. The molecular weight excluding hydrogens is 373 g/mol. The highest BCUT2D eigenvalue weighted by Gasteiger charge is 2.14. The van der Waals surface area contributed by atoms with Crippen LogP contribution in [0.1, 0.15) is 28.9 Å². The highest BCUT2D eigenvalue weighted by atomic mass is 32.2. The molecule has 1 unspecified atom stereocenters. The number of carbonyl (C=O) groups is 2. The van der Waals surface area contributed by atoms with Crippen molar-refractivity contribution >= 4 is 27.5 Å². The lowest BCUT2D eigenvalue weighted by atomic mass is 10.1. The number of hydrogen-bond donors (Lipinski definition) is 3. The molecule has 0 spiro atoms. The summed E-state index contributed by atoms with van der Waals surface area (Å²) in [5.41, 5.74) is 0.916. The van der Waals surface area contributed by atoms with Gasteiger partial charge in [-0.05, 0) is 36.8 Å². The van der Waals surface area contributed by atoms with Crippen LogP contribution in [0.4, 0.5) is 10.1 Å². The van der Waals surface area contributed by atoms with Crippen LogP contribution in [0.25, 0.3) is 0 Å². The summed E-state index contributed by atoms with van der Waals surface area (Å²) in [6.45, 7) is 1.40. The molecule has 1 atom stereocenters. The standard InChI is InChI=1S/C18H20FN3O4S/c1-12(13-6-5-7-14(10-13)22-27(2,25)26)21-17(23)11-20-18(24)15-8-3-4-9-16(15)19/h3-10,12,22H,11H2,1-2H3,(H,20,24)(H,21,23). The Morgan fingerprint density at radius 2 is 1.81 bits per heavy atom. The first-order valence-electron chi connectivity index (χ1n) is 8.05. The minimum Gasteiger partial charge on any atom is -0.348 e. The summed E-state index contributed by atoms with van der Waals surface area (Å²) < 4.78 is 38.5. The lowest BCUT2D eigenvalue weighted by Gasteiger charge is -2.16. The van der Waals surface area contributed by atoms with Crippen molar-refractivity contribution in [2.75, 3.05) is 17.5 Å². The van der Waals surface area contributed by atoms with Crippen LogP contribution in [-0.2, 0) is 14.8 Å². The van der Waals surface area contributed by atoms with Crippen molar-refractivity contribution in [3.63, 3.8) is 0 Å². The predicted octanol–water partition coefficient (Wildman–Crippen LogP) is 1.80. The Balaban J connectivity index is 1.93. The molecule has 2 amide bonds. The summed E-state index contributed by atoms with van der Waals surface area (Å²) in [6, 6.07) is 11.6. The van der Waals surface area contributed by atoms with Crippen LogP contribution >= 0.6 is 0 Å². The minimum atomic E-state index is -3.41. The van der Waals surface area contributed by atoms with Gasteiger partial charge in [-0.25, -0.2) is 12.8 Å². The average molecular weight is 393 g/mol. The van der Waals surface area contributed by atoms with E-state index < -0.39 is 33.7 Å². The molecule has 0 heterocycles. The summed E-state index contributed by atoms with van der Waals surface area (Å²) >= 11 is 0. The molecule has 0 aliphatic rings. The number of amides is 2. The predicted molar refractivity (Wildman–Crippen MR) is 100 cm³/mol. The molecule has 0 aliphatic heterocycles. The molecule has 7 nitrogen and oxygen atoms in total. The van der Waals surface area contributed by atoms with Crippen molar-refractivity contribution in [3.05, 3.63) is 65.5 Å². The van der Waals surface area contributed by atoms with Gasteiger partial charge in [0.05, 0.1) is 24.4 Å². The second-order valence-electron chi connectivity index (χ2n) is 5.95. The summed E-state index contributed by atoms with van der Waals surface area (Å²) in [4.78, 5) is 23.9. The number of anilines is 1. The maximum Gasteiger partial charge on any atom is 0.254 e. The molecule has 0 aliphatic carbocycles. The second-order valence-corrected chi connectivity index (χ2v) is 7.70. The molecule has 27 heavy (non-hydrogen) atoms. The van der Waals surface area contributed by atoms with Gasteiger partial charge in [0.15, 0.2) is 0 Å². The normalized spacial score (nSPS) is 12.1. The van der Waals surface area contributed by atoms with Gasteiger partial charge in [-0.1, -0.05) is 24.3 Å². The lowest BCUT2D eigenvalue weighted by Crippen LogP contribution is -2.38. The fraction of sp³-hybridized carbons (Fsp3) is 0.222. The van der Waals surface area contributed by atoms with Crippen molar-refractivity contribution in [2.45, 2.75) is 13.0 Å². The Morgan fingerprint density at radius 1 is 1.11 bits per heavy atom. The number of sulfonamides is 1. The zero-order valence-corrected chi connectivity index (χ0v) is 15.6. The zero-order chi connectivity index (χ0) is 20.0. The number of halogens is 1. The molecule has 0 radical (unpaired) electrons. The van der Waals surface area contributed by atoms with Gasteiger partial charge >= 0.3 is 0 Å². The SMILES string of the molecule is CC(NC(=O)CNC(=O)c1ccccc1F)c1cccc(NS(C)(=O)=O)c1. The Hall–Kier alpha value is -2.94. The van der Waals surface area contributed by atoms with Crippen LogP contribution in [0.15, 0.2) is 48.5 Å². The molecule has 2 aromatic rings. The molecule has 0 bridgehead atoms. The van der Waals surface area contributed by atoms with Crippen LogP contribution in [0.3, 0.4) is 0 Å². The molecule has 3 N–H and O–H groups in total. The molecule has 2 rings (SSSR count). The zero-order valence-electron chi connectivity index (χ0n) is 14.8. The van der Waals surface area contributed by atoms with Gasteiger partial charge in [0, 0.05) is 5.69 Å². The van der Waals surface area contributed by atoms with Crippen LogP contribution in [0.5, 0.6) is 0 Å². The number of nitrogens with one attached hydrogen (secondary N) is 3. The van der Waals surface area contributed by atoms with E-state index in [2.05, 4.69) is 15.4 Å². The number of hydrogen-bond acceptors (Lipinski definition) is 4. The van der Waals surface area contributed by atoms with E-state index in [9.17, 15) is 22.4 Å². The lowest BCUT2D eigenvalue weighted by molar-refractivity contribution is -0.120. The van der Waals surface area contributed by atoms with Crippen molar-refractivity contribution in [3.8, 4) is 0 Å². The quantitative estimate of drug-likeness (QED) is 0.667. The fourth-order valence-corrected chi connectivity index (χ4v) is 2.92. The Labute approximate surface area is 157 Å². The monoisotopic (exact) mass is 393 g/mol. The average Bonchev–Trinajstić information content (AvgIpc) is 2.59. The van der Waals surface area contributed by atoms with Crippen LogP contribution in [0.2, 0.25) is 0 Å². The molecule has 0 saturated carbocycles. The van der Waals surface area contributed by atoms with Crippen LogP contribution < -0.4 is 15.4 Å². The van der Waals surface area contributed by atoms with Gasteiger partial charge < -0.3 is 10.6 Å². The number of benzene rings is 2. The van der Waals surface area contributed by atoms with Crippen molar-refractivity contribution in [1.82, 2.24) is 10.6 Å². The molecular formula is C18H20FN3O4S. The second kappa shape index (κ2) is 8.63. The summed E-state index contributed by atoms with van der Waals surface area (Å²) in [6.07, 6.45) is 1.04. The number of carbonyl (C=O) groups excluding carboxylic acids is 2. The van der Waals surface area contributed by atoms with Crippen LogP contribution in [0, 0.1) is 5.82 Å². The van der Waals surface area contributed by atoms with E-state index in [1.165, 1.54) is 18.2 Å². The van der Waals surface area contributed by atoms with Crippen LogP contribution in [-0.4, -0.2) is 33.0 Å². The van der Waals surface area contributed by atoms with Gasteiger partial charge in [-0.3, -0.25) is 14.3 Å². The van der Waals surface area contributed by atoms with E-state index in [4.69, 9.17) is 0 Å². The van der Waals surface area contributed by atoms with Gasteiger partial charge in [0.25, 0.3) is 5.91 Å². The molecule has 9 heteroatoms. The van der Waals surface area contributed by atoms with Gasteiger partial charge in [0.2, 0.25) is 15.9 Å². The fourth-order valence-electron chi connectivity index (χ4n) is 2.36. The Morgan fingerprint density at radius 3 is 2.48 bits per heavy atom. The van der Waals surface area contributed by atoms with E-state index in [0.717, 1.165) is 12.3 Å². The van der Waals surface area contributed by atoms with Gasteiger partial charge in [-0.2, -0.15) is 0 Å². The Kier molecular flexibility index (Phi) is 6.51. The third kappa shape index (κ3) is 6.37. The van der Waals surface area contributed by atoms with Gasteiger partial charge in [0.1, 0.15) is 5.82 Å². The van der Waals surface area contributed by atoms with Crippen molar-refractivity contribution in [2.24, 2.45) is 0 Å². The van der Waals surface area contributed by atoms with Gasteiger partial charge in [-0.15, -0.1) is 0 Å². The first-order chi connectivity index (χ1) is 12.7. The number of rotatable bonds is 7. The van der Waals surface area contributed by atoms with E-state index in [-0.39, 0.29) is 12.1 Å². The molecule has 2 aromatic carbocycles. The molecule has 0 saturated heterocycles. The summed E-state index contributed by atoms with van der Waals surface area (Å²) in [7, 11) is -3.41. The minimum absolute atomic E-state index is 0.141. The largest absolute Gasteiger partial charge is 0.348 e. The maximum absolute atomic E-state index is 13.5. The topological polar surface area (TPSA) is 104 Å². The highest BCUT2D eigenvalue weighted by Crippen LogP contribution is 2.18. The highest BCUT2D eigenvalue weighted by molar-refractivity contribution is 7.92. The van der Waals surface area contributed by atoms with E-state index in [1.54, 1.807) is 31.2 Å². The molecule has 144 valence electrons. The maximum atomic E-state index is 13.5. The molecule has 0 fully saturated rings. The van der Waals surface area contributed by atoms with Crippen molar-refractivity contribution < 1.29 is 22.4 Å². The first kappa shape index (κ1) is 20.4. The van der Waals surface area contributed by atoms with E-state index >= 15 is 0 Å². The summed E-state index contributed by atoms with van der Waals surface area (Å²) in [5.74, 6) is -1.82. The first-order valence-corrected chi connectivity index (χ1v) is 9.94. The van der Waals surface area contributed by atoms with E-state index in [0.29, 0.717) is 11.3 Å². The molecule has 0 aromatic heterocycles. The third-order valence-electron chi connectivity index (χ3n) is 3.60. The Bertz CT molecular complexity index is 947. The summed E-state index contributed by atoms with van der Waals surface area (Å²) in [5, 5.41) is 5.04.